The highest BCUT2D eigenvalue weighted by Gasteiger charge is 2.30. The molecule has 8 nitrogen and oxygen atoms in total. The maximum absolute atomic E-state index is 12.6. The van der Waals surface area contributed by atoms with Gasteiger partial charge in [0.1, 0.15) is 23.0 Å². The lowest BCUT2D eigenvalue weighted by Gasteiger charge is -2.17. The van der Waals surface area contributed by atoms with Crippen LogP contribution in [0.5, 0.6) is 11.5 Å². The molecule has 0 spiro atoms. The van der Waals surface area contributed by atoms with E-state index in [4.69, 9.17) is 4.42 Å². The molecule has 0 radical (unpaired) electrons. The summed E-state index contributed by atoms with van der Waals surface area (Å²) in [5.74, 6) is -0.515. The molecule has 3 aliphatic carbocycles. The standard InChI is InChI=1S/C24H15NO7/c26-11-1-3-13(19(28)5-11)15-7-17-23(9-21(15)30)32-24-10-22(31)16(8-18(24)25-17)14-4-2-12(27)6-20(14)29/h1-7,9-10,26,28-29,31H,8H2/p+1. The van der Waals surface area contributed by atoms with Crippen LogP contribution in [0.25, 0.3) is 28.7 Å². The highest BCUT2D eigenvalue weighted by atomic mass is 16.3. The van der Waals surface area contributed by atoms with Crippen molar-refractivity contribution in [3.63, 3.8) is 0 Å². The Hall–Kier alpha value is -4.59. The van der Waals surface area contributed by atoms with Crippen LogP contribution in [-0.4, -0.2) is 26.2 Å². The van der Waals surface area contributed by atoms with Crippen molar-refractivity contribution >= 4 is 11.9 Å². The lowest BCUT2D eigenvalue weighted by Crippen LogP contribution is -2.23. The Labute approximate surface area is 180 Å². The van der Waals surface area contributed by atoms with Gasteiger partial charge in [-0.25, -0.2) is 4.98 Å². The summed E-state index contributed by atoms with van der Waals surface area (Å²) in [6, 6.07) is 6.77. The number of carbonyl (C=O) groups excluding carboxylic acids is 1. The Morgan fingerprint density at radius 2 is 1.69 bits per heavy atom. The number of aromatic hydroxyl groups is 2. The summed E-state index contributed by atoms with van der Waals surface area (Å²) in [4.78, 5) is 27.3. The van der Waals surface area contributed by atoms with Gasteiger partial charge >= 0.3 is 0 Å². The first-order valence-electron chi connectivity index (χ1n) is 9.63. The van der Waals surface area contributed by atoms with Gasteiger partial charge in [0.2, 0.25) is 17.1 Å². The van der Waals surface area contributed by atoms with Crippen LogP contribution in [0.15, 0.2) is 80.4 Å². The zero-order chi connectivity index (χ0) is 22.6. The Kier molecular flexibility index (Phi) is 4.23. The average molecular weight is 430 g/mol. The van der Waals surface area contributed by atoms with E-state index >= 15 is 0 Å². The number of aliphatic hydroxyl groups is 2. The molecule has 32 heavy (non-hydrogen) atoms. The highest BCUT2D eigenvalue weighted by Crippen LogP contribution is 2.35. The minimum atomic E-state index is -0.394. The molecule has 0 saturated carbocycles. The van der Waals surface area contributed by atoms with Crippen LogP contribution in [0.3, 0.4) is 0 Å². The summed E-state index contributed by atoms with van der Waals surface area (Å²) >= 11 is 0. The lowest BCUT2D eigenvalue weighted by atomic mass is 9.92. The van der Waals surface area contributed by atoms with Gasteiger partial charge in [0.05, 0.1) is 6.42 Å². The average Bonchev–Trinajstić information content (AvgIpc) is 2.72. The zero-order valence-electron chi connectivity index (χ0n) is 16.4. The molecule has 0 fully saturated rings. The molecule has 1 heterocycles. The second-order valence-electron chi connectivity index (χ2n) is 7.48. The highest BCUT2D eigenvalue weighted by molar-refractivity contribution is 6.02. The summed E-state index contributed by atoms with van der Waals surface area (Å²) in [5.41, 5.74) is 1.85. The fraction of sp³-hybridized carbons (Fsp3) is 0.0417. The number of carbonyl (C=O) groups is 1. The number of ketones is 1. The van der Waals surface area contributed by atoms with Gasteiger partial charge in [-0.05, 0) is 24.3 Å². The second-order valence-corrected chi connectivity index (χ2v) is 7.48. The van der Waals surface area contributed by atoms with E-state index in [-0.39, 0.29) is 52.1 Å². The maximum Gasteiger partial charge on any atom is 0.247 e. The number of H-pyrrole nitrogens is 1. The monoisotopic (exact) mass is 430 g/mol. The Balaban J connectivity index is 1.65. The molecule has 1 aromatic carbocycles. The minimum Gasteiger partial charge on any atom is -0.508 e. The quantitative estimate of drug-likeness (QED) is 0.465. The fourth-order valence-electron chi connectivity index (χ4n) is 3.83. The van der Waals surface area contributed by atoms with Crippen LogP contribution in [0.2, 0.25) is 0 Å². The smallest absolute Gasteiger partial charge is 0.247 e. The number of allylic oxidation sites excluding steroid dienone is 4. The van der Waals surface area contributed by atoms with Crippen molar-refractivity contribution in [3.05, 3.63) is 92.9 Å². The Bertz CT molecular complexity index is 1470. The molecule has 8 heteroatoms. The van der Waals surface area contributed by atoms with E-state index < -0.39 is 5.43 Å². The predicted octanol–water partition coefficient (Wildman–Crippen LogP) is 2.97. The molecule has 1 aliphatic heterocycles. The number of fused-ring (bicyclic) bond motifs is 2. The Morgan fingerprint density at radius 3 is 2.44 bits per heavy atom. The van der Waals surface area contributed by atoms with Crippen LogP contribution < -0.4 is 10.4 Å². The molecule has 4 aliphatic rings. The summed E-state index contributed by atoms with van der Waals surface area (Å²) in [5, 5.41) is 40.3. The number of aromatic nitrogens is 1. The first kappa shape index (κ1) is 19.4. The topological polar surface area (TPSA) is 142 Å². The molecule has 0 amide bonds. The predicted molar refractivity (Wildman–Crippen MR) is 113 cm³/mol. The molecule has 1 aromatic rings. The van der Waals surface area contributed by atoms with Crippen LogP contribution in [0, 0.1) is 0 Å². The number of aromatic amines is 1. The van der Waals surface area contributed by atoms with E-state index in [0.29, 0.717) is 28.3 Å². The normalized spacial score (nSPS) is 17.8. The van der Waals surface area contributed by atoms with E-state index in [0.717, 1.165) is 12.1 Å². The number of rotatable bonds is 1. The van der Waals surface area contributed by atoms with Gasteiger partial charge < -0.3 is 24.8 Å². The number of benzene rings is 2. The van der Waals surface area contributed by atoms with Crippen molar-refractivity contribution in [2.24, 2.45) is 0 Å². The third kappa shape index (κ3) is 3.14. The van der Waals surface area contributed by atoms with Crippen LogP contribution in [-0.2, 0) is 11.2 Å². The summed E-state index contributed by atoms with van der Waals surface area (Å²) in [6.45, 7) is 0. The van der Waals surface area contributed by atoms with Crippen LogP contribution in [0.1, 0.15) is 11.5 Å². The maximum atomic E-state index is 12.6. The van der Waals surface area contributed by atoms with Gasteiger partial charge in [-0.3, -0.25) is 9.59 Å². The van der Waals surface area contributed by atoms with Crippen molar-refractivity contribution < 1.29 is 34.6 Å². The van der Waals surface area contributed by atoms with Crippen molar-refractivity contribution in [1.82, 2.24) is 0 Å². The first-order chi connectivity index (χ1) is 15.3. The van der Waals surface area contributed by atoms with Crippen molar-refractivity contribution in [1.29, 1.82) is 0 Å². The molecule has 0 aromatic heterocycles. The molecule has 0 bridgehead atoms. The van der Waals surface area contributed by atoms with Gasteiger partial charge in [-0.15, -0.1) is 0 Å². The zero-order valence-corrected chi connectivity index (χ0v) is 16.4. The summed E-state index contributed by atoms with van der Waals surface area (Å²) in [7, 11) is 0. The number of phenols is 2. The molecule has 5 rings (SSSR count). The van der Waals surface area contributed by atoms with E-state index in [1.807, 2.05) is 0 Å². The van der Waals surface area contributed by atoms with Crippen LogP contribution >= 0.6 is 0 Å². The van der Waals surface area contributed by atoms with Gasteiger partial charge in [0, 0.05) is 52.6 Å². The number of aliphatic hydroxyl groups excluding tert-OH is 2. The molecule has 0 unspecified atom stereocenters. The van der Waals surface area contributed by atoms with Gasteiger partial charge in [-0.1, -0.05) is 0 Å². The minimum absolute atomic E-state index is 0.127. The van der Waals surface area contributed by atoms with E-state index in [1.54, 1.807) is 0 Å². The van der Waals surface area contributed by atoms with Gasteiger partial charge in [0.15, 0.2) is 17.0 Å². The van der Waals surface area contributed by atoms with Gasteiger partial charge in [-0.2, -0.15) is 0 Å². The molecule has 0 saturated heterocycles. The summed E-state index contributed by atoms with van der Waals surface area (Å²) in [6.07, 6.45) is 5.35. The Morgan fingerprint density at radius 1 is 0.875 bits per heavy atom. The lowest BCUT2D eigenvalue weighted by molar-refractivity contribution is -0.381. The summed E-state index contributed by atoms with van der Waals surface area (Å²) < 4.78 is 5.81. The molecule has 0 atom stereocenters. The van der Waals surface area contributed by atoms with Gasteiger partial charge in [0.25, 0.3) is 0 Å². The molecular formula is C24H16NO7+. The largest absolute Gasteiger partial charge is 0.508 e. The third-order valence-corrected chi connectivity index (χ3v) is 5.38. The number of hydrogen-bond acceptors (Lipinski definition) is 7. The van der Waals surface area contributed by atoms with Crippen molar-refractivity contribution in [3.8, 4) is 34.1 Å². The molecule has 158 valence electrons. The van der Waals surface area contributed by atoms with E-state index in [1.165, 1.54) is 42.5 Å². The third-order valence-electron chi connectivity index (χ3n) is 5.38. The SMILES string of the molecule is O=C1C=CC(=C2Cc3[nH+]c4cc(-c5ccc(O)cc5O)c(=O)cc-4oc3C=C2O)C(O)=C1. The fourth-order valence-corrected chi connectivity index (χ4v) is 3.83. The second kappa shape index (κ2) is 6.98. The van der Waals surface area contributed by atoms with Crippen LogP contribution in [0.4, 0.5) is 0 Å². The van der Waals surface area contributed by atoms with Crippen molar-refractivity contribution in [2.75, 3.05) is 0 Å². The number of hydrogen-bond donors (Lipinski definition) is 4. The first-order valence-corrected chi connectivity index (χ1v) is 9.63. The number of nitrogens with one attached hydrogen (secondary N) is 1. The molecule has 5 N–H and O–H groups in total. The van der Waals surface area contributed by atoms with E-state index in [9.17, 15) is 30.0 Å². The molecular weight excluding hydrogens is 414 g/mol. The number of phenolic OH excluding ortho intramolecular Hbond substituents is 2. The van der Waals surface area contributed by atoms with Crippen molar-refractivity contribution in [2.45, 2.75) is 6.42 Å². The van der Waals surface area contributed by atoms with E-state index in [2.05, 4.69) is 4.98 Å².